The van der Waals surface area contributed by atoms with E-state index < -0.39 is 6.10 Å². The van der Waals surface area contributed by atoms with Gasteiger partial charge in [-0.1, -0.05) is 0 Å². The minimum atomic E-state index is -1.09. The van der Waals surface area contributed by atoms with Crippen molar-refractivity contribution in [1.82, 2.24) is 4.98 Å². The lowest BCUT2D eigenvalue weighted by molar-refractivity contribution is 0.231. The number of aliphatic hydroxyl groups excluding tert-OH is 1. The van der Waals surface area contributed by atoms with Gasteiger partial charge in [0.15, 0.2) is 10.0 Å². The van der Waals surface area contributed by atoms with Crippen LogP contribution >= 0.6 is 27.3 Å². The molecule has 0 bridgehead atoms. The maximum absolute atomic E-state index is 8.90. The van der Waals surface area contributed by atoms with Crippen molar-refractivity contribution in [2.75, 3.05) is 0 Å². The average molecular weight is 219 g/mol. The highest BCUT2D eigenvalue weighted by Gasteiger charge is 2.08. The van der Waals surface area contributed by atoms with Crippen LogP contribution in [-0.2, 0) is 0 Å². The molecule has 1 N–H and O–H groups in total. The number of thiazole rings is 1. The van der Waals surface area contributed by atoms with Crippen LogP contribution < -0.4 is 0 Å². The number of aliphatic hydroxyl groups is 1. The first kappa shape index (κ1) is 7.66. The third kappa shape index (κ3) is 1.53. The van der Waals surface area contributed by atoms with Gasteiger partial charge in [0.05, 0.1) is 5.69 Å². The molecule has 3 nitrogen and oxygen atoms in total. The van der Waals surface area contributed by atoms with Crippen LogP contribution in [0.15, 0.2) is 9.30 Å². The monoisotopic (exact) mass is 218 g/mol. The van der Waals surface area contributed by atoms with Crippen molar-refractivity contribution in [3.63, 3.8) is 0 Å². The largest absolute Gasteiger partial charge is 0.373 e. The molecule has 1 heterocycles. The topological polar surface area (TPSA) is 56.9 Å². The molecule has 1 aromatic rings. The fourth-order valence-corrected chi connectivity index (χ4v) is 1.50. The van der Waals surface area contributed by atoms with Gasteiger partial charge < -0.3 is 5.11 Å². The van der Waals surface area contributed by atoms with Gasteiger partial charge in [0.25, 0.3) is 0 Å². The van der Waals surface area contributed by atoms with Crippen molar-refractivity contribution in [2.24, 2.45) is 0 Å². The molecule has 0 aliphatic rings. The molecule has 0 aliphatic heterocycles. The van der Waals surface area contributed by atoms with E-state index >= 15 is 0 Å². The Morgan fingerprint density at radius 3 is 3.00 bits per heavy atom. The normalized spacial score (nSPS) is 12.5. The van der Waals surface area contributed by atoms with E-state index in [-0.39, 0.29) is 0 Å². The minimum Gasteiger partial charge on any atom is -0.373 e. The van der Waals surface area contributed by atoms with E-state index in [0.717, 1.165) is 0 Å². The molecular formula is C5H3BrN2OS. The zero-order valence-corrected chi connectivity index (χ0v) is 7.19. The molecule has 0 aromatic carbocycles. The summed E-state index contributed by atoms with van der Waals surface area (Å²) >= 11 is 4.46. The lowest BCUT2D eigenvalue weighted by Crippen LogP contribution is -1.92. The summed E-state index contributed by atoms with van der Waals surface area (Å²) in [6.07, 6.45) is -1.09. The number of hydrogen-bond donors (Lipinski definition) is 1. The van der Waals surface area contributed by atoms with E-state index in [4.69, 9.17) is 10.4 Å². The molecule has 1 rings (SSSR count). The molecule has 5 heteroatoms. The average Bonchev–Trinajstić information content (AvgIpc) is 2.34. The number of hydrogen-bond acceptors (Lipinski definition) is 4. The van der Waals surface area contributed by atoms with E-state index in [9.17, 15) is 0 Å². The van der Waals surface area contributed by atoms with Crippen LogP contribution in [0.5, 0.6) is 0 Å². The van der Waals surface area contributed by atoms with Gasteiger partial charge in [0.1, 0.15) is 6.07 Å². The first-order valence-corrected chi connectivity index (χ1v) is 4.10. The van der Waals surface area contributed by atoms with Gasteiger partial charge in [0.2, 0.25) is 0 Å². The molecule has 0 amide bonds. The summed E-state index contributed by atoms with van der Waals surface area (Å²) in [6.45, 7) is 0. The van der Waals surface area contributed by atoms with Gasteiger partial charge in [-0.15, -0.1) is 11.3 Å². The van der Waals surface area contributed by atoms with Crippen molar-refractivity contribution >= 4 is 27.3 Å². The molecule has 1 unspecified atom stereocenters. The van der Waals surface area contributed by atoms with E-state index in [1.165, 1.54) is 11.3 Å². The molecule has 1 atom stereocenters. The fourth-order valence-electron chi connectivity index (χ4n) is 0.455. The summed E-state index contributed by atoms with van der Waals surface area (Å²) in [5.74, 6) is 0. The van der Waals surface area contributed by atoms with Gasteiger partial charge in [-0.05, 0) is 15.9 Å². The van der Waals surface area contributed by atoms with Crippen LogP contribution in [0.1, 0.15) is 11.8 Å². The van der Waals surface area contributed by atoms with Crippen LogP contribution in [0.25, 0.3) is 0 Å². The maximum atomic E-state index is 8.90. The number of nitrogens with zero attached hydrogens (tertiary/aromatic N) is 2. The smallest absolute Gasteiger partial charge is 0.183 e. The Balaban J connectivity index is 2.87. The highest BCUT2D eigenvalue weighted by atomic mass is 79.9. The third-order valence-electron chi connectivity index (χ3n) is 0.896. The van der Waals surface area contributed by atoms with Crippen molar-refractivity contribution in [1.29, 1.82) is 5.26 Å². The second-order valence-electron chi connectivity index (χ2n) is 1.56. The second kappa shape index (κ2) is 3.10. The van der Waals surface area contributed by atoms with E-state index in [2.05, 4.69) is 20.9 Å². The molecular weight excluding hydrogens is 216 g/mol. The Morgan fingerprint density at radius 2 is 2.60 bits per heavy atom. The molecule has 0 saturated carbocycles. The summed E-state index contributed by atoms with van der Waals surface area (Å²) in [6, 6.07) is 1.67. The van der Waals surface area contributed by atoms with Crippen LogP contribution in [-0.4, -0.2) is 10.1 Å². The van der Waals surface area contributed by atoms with Crippen molar-refractivity contribution in [3.05, 3.63) is 15.0 Å². The first-order chi connectivity index (χ1) is 4.74. The SMILES string of the molecule is N#CC(O)c1csc(Br)n1. The first-order valence-electron chi connectivity index (χ1n) is 2.42. The maximum Gasteiger partial charge on any atom is 0.183 e. The van der Waals surface area contributed by atoms with Gasteiger partial charge in [-0.25, -0.2) is 4.98 Å². The zero-order chi connectivity index (χ0) is 7.56. The van der Waals surface area contributed by atoms with Crippen LogP contribution in [0.4, 0.5) is 0 Å². The number of aromatic nitrogens is 1. The highest BCUT2D eigenvalue weighted by molar-refractivity contribution is 9.11. The van der Waals surface area contributed by atoms with Crippen molar-refractivity contribution < 1.29 is 5.11 Å². The van der Waals surface area contributed by atoms with Gasteiger partial charge in [-0.3, -0.25) is 0 Å². The van der Waals surface area contributed by atoms with Gasteiger partial charge in [-0.2, -0.15) is 5.26 Å². The Morgan fingerprint density at radius 1 is 1.90 bits per heavy atom. The summed E-state index contributed by atoms with van der Waals surface area (Å²) in [7, 11) is 0. The Hall–Kier alpha value is -0.440. The molecule has 0 aliphatic carbocycles. The standard InChI is InChI=1S/C5H3BrN2OS/c6-5-8-3(2-10-5)4(9)1-7/h2,4,9H. The summed E-state index contributed by atoms with van der Waals surface area (Å²) < 4.78 is 0.678. The predicted molar refractivity (Wildman–Crippen MR) is 40.4 cm³/mol. The molecule has 10 heavy (non-hydrogen) atoms. The lowest BCUT2D eigenvalue weighted by atomic mass is 10.3. The van der Waals surface area contributed by atoms with Crippen LogP contribution in [0, 0.1) is 11.3 Å². The quantitative estimate of drug-likeness (QED) is 0.727. The van der Waals surface area contributed by atoms with E-state index in [1.54, 1.807) is 11.4 Å². The van der Waals surface area contributed by atoms with E-state index in [0.29, 0.717) is 9.61 Å². The number of nitriles is 1. The summed E-state index contributed by atoms with van der Waals surface area (Å²) in [5.41, 5.74) is 0.402. The molecule has 52 valence electrons. The van der Waals surface area contributed by atoms with Gasteiger partial charge in [0, 0.05) is 5.38 Å². The van der Waals surface area contributed by atoms with Crippen LogP contribution in [0.2, 0.25) is 0 Å². The summed E-state index contributed by atoms with van der Waals surface area (Å²) in [5, 5.41) is 18.8. The molecule has 0 saturated heterocycles. The Labute approximate surface area is 70.1 Å². The Bertz CT molecular complexity index is 267. The lowest BCUT2D eigenvalue weighted by Gasteiger charge is -1.91. The predicted octanol–water partition coefficient (Wildman–Crippen LogP) is 1.46. The minimum absolute atomic E-state index is 0.402. The van der Waals surface area contributed by atoms with Gasteiger partial charge >= 0.3 is 0 Å². The summed E-state index contributed by atoms with van der Waals surface area (Å²) in [4.78, 5) is 3.84. The molecule has 0 spiro atoms. The fraction of sp³-hybridized carbons (Fsp3) is 0.200. The molecule has 0 radical (unpaired) electrons. The number of halogens is 1. The molecule has 0 fully saturated rings. The molecule has 1 aromatic heterocycles. The Kier molecular flexibility index (Phi) is 2.38. The second-order valence-corrected chi connectivity index (χ2v) is 3.69. The van der Waals surface area contributed by atoms with Crippen LogP contribution in [0.3, 0.4) is 0 Å². The third-order valence-corrected chi connectivity index (χ3v) is 2.28. The van der Waals surface area contributed by atoms with Crippen molar-refractivity contribution in [2.45, 2.75) is 6.10 Å². The highest BCUT2D eigenvalue weighted by Crippen LogP contribution is 2.19. The zero-order valence-electron chi connectivity index (χ0n) is 4.78. The number of rotatable bonds is 1. The van der Waals surface area contributed by atoms with E-state index in [1.807, 2.05) is 0 Å². The van der Waals surface area contributed by atoms with Crippen molar-refractivity contribution in [3.8, 4) is 6.07 Å².